The Morgan fingerprint density at radius 3 is 2.58 bits per heavy atom. The minimum Gasteiger partial charge on any atom is -0.451 e. The molecule has 3 aromatic rings. The first-order valence-electron chi connectivity index (χ1n) is 7.05. The van der Waals surface area contributed by atoms with Crippen molar-refractivity contribution >= 4 is 44.0 Å². The lowest BCUT2D eigenvalue weighted by Crippen LogP contribution is -2.12. The number of aryl methyl sites for hydroxylation is 1. The molecular formula is C17H14ClNO4S. The van der Waals surface area contributed by atoms with E-state index in [4.69, 9.17) is 16.0 Å². The fourth-order valence-corrected chi connectivity index (χ4v) is 3.10. The Balaban J connectivity index is 1.93. The largest absolute Gasteiger partial charge is 0.451 e. The fraction of sp³-hybridized carbons (Fsp3) is 0.118. The topological polar surface area (TPSA) is 76.4 Å². The lowest BCUT2D eigenvalue weighted by atomic mass is 10.2. The summed E-state index contributed by atoms with van der Waals surface area (Å²) in [5.74, 6) is -0.340. The lowest BCUT2D eigenvalue weighted by molar-refractivity contribution is 0.0998. The molecule has 1 heterocycles. The van der Waals surface area contributed by atoms with Crippen molar-refractivity contribution in [2.75, 3.05) is 11.6 Å². The van der Waals surface area contributed by atoms with Gasteiger partial charge in [-0.05, 0) is 48.9 Å². The second-order valence-corrected chi connectivity index (χ2v) is 7.95. The highest BCUT2D eigenvalue weighted by atomic mass is 35.5. The van der Waals surface area contributed by atoms with Gasteiger partial charge in [0.1, 0.15) is 5.58 Å². The zero-order chi connectivity index (χ0) is 17.5. The molecule has 1 aromatic heterocycles. The van der Waals surface area contributed by atoms with Gasteiger partial charge in [0.2, 0.25) is 0 Å². The van der Waals surface area contributed by atoms with Gasteiger partial charge in [0, 0.05) is 22.4 Å². The van der Waals surface area contributed by atoms with Gasteiger partial charge < -0.3 is 9.73 Å². The van der Waals surface area contributed by atoms with Crippen molar-refractivity contribution in [1.29, 1.82) is 0 Å². The lowest BCUT2D eigenvalue weighted by Gasteiger charge is -2.09. The number of sulfone groups is 1. The molecule has 0 radical (unpaired) electrons. The average Bonchev–Trinajstić information content (AvgIpc) is 2.91. The summed E-state index contributed by atoms with van der Waals surface area (Å²) < 4.78 is 28.8. The number of nitrogens with one attached hydrogen (secondary N) is 1. The van der Waals surface area contributed by atoms with Crippen molar-refractivity contribution in [2.24, 2.45) is 0 Å². The molecule has 0 aliphatic rings. The Labute approximate surface area is 144 Å². The molecule has 0 aliphatic carbocycles. The maximum atomic E-state index is 12.4. The van der Waals surface area contributed by atoms with Gasteiger partial charge in [-0.2, -0.15) is 0 Å². The summed E-state index contributed by atoms with van der Waals surface area (Å²) >= 11 is 5.92. The van der Waals surface area contributed by atoms with Crippen LogP contribution in [0.25, 0.3) is 11.0 Å². The van der Waals surface area contributed by atoms with Crippen LogP contribution in [0.2, 0.25) is 5.02 Å². The maximum Gasteiger partial charge on any atom is 0.291 e. The number of furan rings is 1. The summed E-state index contributed by atoms with van der Waals surface area (Å²) in [6.45, 7) is 1.78. The smallest absolute Gasteiger partial charge is 0.291 e. The number of carbonyl (C=O) groups excluding carboxylic acids is 1. The minimum atomic E-state index is -3.36. The van der Waals surface area contributed by atoms with E-state index >= 15 is 0 Å². The molecule has 24 heavy (non-hydrogen) atoms. The number of rotatable bonds is 3. The Kier molecular flexibility index (Phi) is 4.11. The molecule has 1 amide bonds. The highest BCUT2D eigenvalue weighted by molar-refractivity contribution is 7.90. The van der Waals surface area contributed by atoms with E-state index in [1.165, 1.54) is 12.1 Å². The molecule has 124 valence electrons. The molecule has 0 aliphatic heterocycles. The number of benzene rings is 2. The molecule has 0 atom stereocenters. The van der Waals surface area contributed by atoms with Gasteiger partial charge in [0.15, 0.2) is 15.6 Å². The van der Waals surface area contributed by atoms with Crippen molar-refractivity contribution in [2.45, 2.75) is 11.8 Å². The van der Waals surface area contributed by atoms with Crippen LogP contribution in [0.15, 0.2) is 51.8 Å². The van der Waals surface area contributed by atoms with Crippen LogP contribution < -0.4 is 5.32 Å². The maximum absolute atomic E-state index is 12.4. The van der Waals surface area contributed by atoms with Crippen LogP contribution in [0.3, 0.4) is 0 Å². The van der Waals surface area contributed by atoms with E-state index in [0.29, 0.717) is 21.7 Å². The predicted molar refractivity (Wildman–Crippen MR) is 93.5 cm³/mol. The van der Waals surface area contributed by atoms with E-state index in [1.807, 2.05) is 0 Å². The van der Waals surface area contributed by atoms with Crippen LogP contribution in [0.4, 0.5) is 5.69 Å². The van der Waals surface area contributed by atoms with Crippen LogP contribution >= 0.6 is 11.6 Å². The Hall–Kier alpha value is -2.31. The van der Waals surface area contributed by atoms with Crippen LogP contribution in [0.1, 0.15) is 16.1 Å². The zero-order valence-electron chi connectivity index (χ0n) is 13.0. The summed E-state index contributed by atoms with van der Waals surface area (Å²) in [7, 11) is -3.36. The summed E-state index contributed by atoms with van der Waals surface area (Å²) in [6.07, 6.45) is 1.12. The third-order valence-electron chi connectivity index (χ3n) is 3.59. The van der Waals surface area contributed by atoms with E-state index in [1.54, 1.807) is 37.3 Å². The number of fused-ring (bicyclic) bond motifs is 1. The highest BCUT2D eigenvalue weighted by Crippen LogP contribution is 2.25. The van der Waals surface area contributed by atoms with Gasteiger partial charge in [0.25, 0.3) is 5.91 Å². The Morgan fingerprint density at radius 2 is 1.88 bits per heavy atom. The molecule has 5 nitrogen and oxygen atoms in total. The Morgan fingerprint density at radius 1 is 1.12 bits per heavy atom. The first-order valence-corrected chi connectivity index (χ1v) is 9.32. The third kappa shape index (κ3) is 3.29. The van der Waals surface area contributed by atoms with Crippen LogP contribution in [-0.4, -0.2) is 20.6 Å². The van der Waals surface area contributed by atoms with Crippen molar-refractivity contribution in [1.82, 2.24) is 0 Å². The molecule has 1 N–H and O–H groups in total. The Bertz CT molecular complexity index is 1050. The fourth-order valence-electron chi connectivity index (χ4n) is 2.28. The molecule has 0 fully saturated rings. The second kappa shape index (κ2) is 5.96. The van der Waals surface area contributed by atoms with E-state index in [2.05, 4.69) is 5.32 Å². The first kappa shape index (κ1) is 16.5. The quantitative estimate of drug-likeness (QED) is 0.761. The monoisotopic (exact) mass is 363 g/mol. The summed E-state index contributed by atoms with van der Waals surface area (Å²) in [5, 5.41) is 3.95. The van der Waals surface area contributed by atoms with E-state index in [-0.39, 0.29) is 10.7 Å². The van der Waals surface area contributed by atoms with Crippen molar-refractivity contribution in [3.8, 4) is 0 Å². The van der Waals surface area contributed by atoms with Gasteiger partial charge in [-0.25, -0.2) is 8.42 Å². The average molecular weight is 364 g/mol. The van der Waals surface area contributed by atoms with Crippen LogP contribution in [-0.2, 0) is 9.84 Å². The van der Waals surface area contributed by atoms with Gasteiger partial charge in [-0.15, -0.1) is 0 Å². The predicted octanol–water partition coefficient (Wildman–Crippen LogP) is 4.05. The molecular weight excluding hydrogens is 350 g/mol. The van der Waals surface area contributed by atoms with E-state index in [0.717, 1.165) is 11.8 Å². The number of anilines is 1. The molecule has 3 rings (SSSR count). The molecule has 0 unspecified atom stereocenters. The van der Waals surface area contributed by atoms with Crippen molar-refractivity contribution in [3.63, 3.8) is 0 Å². The third-order valence-corrected chi connectivity index (χ3v) is 4.93. The van der Waals surface area contributed by atoms with Crippen LogP contribution in [0.5, 0.6) is 0 Å². The number of halogens is 1. The molecule has 0 spiro atoms. The zero-order valence-corrected chi connectivity index (χ0v) is 14.5. The SMILES string of the molecule is Cc1ccc(S(C)(=O)=O)cc1NC(=O)c1cc2cc(Cl)ccc2o1. The van der Waals surface area contributed by atoms with Crippen molar-refractivity contribution in [3.05, 3.63) is 58.8 Å². The molecule has 7 heteroatoms. The summed E-state index contributed by atoms with van der Waals surface area (Å²) in [5.41, 5.74) is 1.71. The van der Waals surface area contributed by atoms with Gasteiger partial charge in [0.05, 0.1) is 4.90 Å². The second-order valence-electron chi connectivity index (χ2n) is 5.50. The van der Waals surface area contributed by atoms with Crippen LogP contribution in [0, 0.1) is 6.92 Å². The number of hydrogen-bond acceptors (Lipinski definition) is 4. The van der Waals surface area contributed by atoms with Crippen molar-refractivity contribution < 1.29 is 17.6 Å². The van der Waals surface area contributed by atoms with Gasteiger partial charge in [-0.3, -0.25) is 4.79 Å². The molecule has 0 saturated carbocycles. The number of carbonyl (C=O) groups is 1. The summed E-state index contributed by atoms with van der Waals surface area (Å²) in [6, 6.07) is 11.2. The highest BCUT2D eigenvalue weighted by Gasteiger charge is 2.15. The normalized spacial score (nSPS) is 11.6. The number of amides is 1. The van der Waals surface area contributed by atoms with E-state index < -0.39 is 15.7 Å². The first-order chi connectivity index (χ1) is 11.2. The minimum absolute atomic E-state index is 0.122. The standard InChI is InChI=1S/C17H14ClNO4S/c1-10-3-5-13(24(2,21)22)9-14(10)19-17(20)16-8-11-7-12(18)4-6-15(11)23-16/h3-9H,1-2H3,(H,19,20). The molecule has 0 saturated heterocycles. The molecule has 2 aromatic carbocycles. The van der Waals surface area contributed by atoms with E-state index in [9.17, 15) is 13.2 Å². The van der Waals surface area contributed by atoms with Gasteiger partial charge in [-0.1, -0.05) is 17.7 Å². The molecule has 0 bridgehead atoms. The van der Waals surface area contributed by atoms with Gasteiger partial charge >= 0.3 is 0 Å². The number of hydrogen-bond donors (Lipinski definition) is 1. The summed E-state index contributed by atoms with van der Waals surface area (Å²) in [4.78, 5) is 12.5.